The maximum absolute atomic E-state index is 12.0. The van der Waals surface area contributed by atoms with E-state index in [9.17, 15) is 9.59 Å². The number of benzene rings is 2. The van der Waals surface area contributed by atoms with Gasteiger partial charge in [0.05, 0.1) is 5.75 Å². The molecule has 2 N–H and O–H groups in total. The molecule has 0 aliphatic heterocycles. The molecule has 2 amide bonds. The van der Waals surface area contributed by atoms with Gasteiger partial charge in [-0.2, -0.15) is 0 Å². The molecule has 4 nitrogen and oxygen atoms in total. The van der Waals surface area contributed by atoms with E-state index in [0.717, 1.165) is 23.4 Å². The zero-order valence-electron chi connectivity index (χ0n) is 14.0. The van der Waals surface area contributed by atoms with Gasteiger partial charge < -0.3 is 10.6 Å². The zero-order valence-corrected chi connectivity index (χ0v) is 15.6. The molecule has 132 valence electrons. The number of carbonyl (C=O) groups excluding carboxylic acids is 2. The van der Waals surface area contributed by atoms with Gasteiger partial charge in [-0.25, -0.2) is 0 Å². The first-order chi connectivity index (χ1) is 12.1. The molecule has 0 fully saturated rings. The van der Waals surface area contributed by atoms with Crippen LogP contribution in [-0.4, -0.2) is 17.6 Å². The van der Waals surface area contributed by atoms with Gasteiger partial charge in [-0.15, -0.1) is 11.8 Å². The molecule has 0 unspecified atom stereocenters. The fraction of sp³-hybridized carbons (Fsp3) is 0.263. The lowest BCUT2D eigenvalue weighted by Crippen LogP contribution is -2.14. The van der Waals surface area contributed by atoms with Crippen LogP contribution in [0.2, 0.25) is 5.02 Å². The second kappa shape index (κ2) is 10.1. The predicted molar refractivity (Wildman–Crippen MR) is 105 cm³/mol. The Morgan fingerprint density at radius 1 is 1.00 bits per heavy atom. The van der Waals surface area contributed by atoms with Crippen molar-refractivity contribution in [2.24, 2.45) is 0 Å². The Morgan fingerprint density at radius 2 is 1.68 bits per heavy atom. The summed E-state index contributed by atoms with van der Waals surface area (Å²) in [6.07, 6.45) is 2.39. The summed E-state index contributed by atoms with van der Waals surface area (Å²) < 4.78 is 0. The van der Waals surface area contributed by atoms with Crippen molar-refractivity contribution >= 4 is 46.6 Å². The molecule has 0 saturated heterocycles. The first-order valence-electron chi connectivity index (χ1n) is 8.15. The highest BCUT2D eigenvalue weighted by atomic mass is 35.5. The summed E-state index contributed by atoms with van der Waals surface area (Å²) in [5.41, 5.74) is 1.43. The summed E-state index contributed by atoms with van der Waals surface area (Å²) in [7, 11) is 0. The molecule has 25 heavy (non-hydrogen) atoms. The molecule has 0 bridgehead atoms. The smallest absolute Gasteiger partial charge is 0.234 e. The van der Waals surface area contributed by atoms with Gasteiger partial charge in [0.15, 0.2) is 0 Å². The Bertz CT molecular complexity index is 737. The van der Waals surface area contributed by atoms with E-state index in [1.807, 2.05) is 24.3 Å². The van der Waals surface area contributed by atoms with E-state index in [2.05, 4.69) is 17.6 Å². The summed E-state index contributed by atoms with van der Waals surface area (Å²) in [4.78, 5) is 24.7. The van der Waals surface area contributed by atoms with Gasteiger partial charge >= 0.3 is 0 Å². The van der Waals surface area contributed by atoms with Gasteiger partial charge in [0, 0.05) is 27.7 Å². The molecular weight excluding hydrogens is 356 g/mol. The average molecular weight is 377 g/mol. The van der Waals surface area contributed by atoms with E-state index in [0.29, 0.717) is 17.1 Å². The molecule has 2 aromatic rings. The third-order valence-electron chi connectivity index (χ3n) is 3.35. The average Bonchev–Trinajstić information content (AvgIpc) is 2.58. The molecule has 0 radical (unpaired) electrons. The lowest BCUT2D eigenvalue weighted by Gasteiger charge is -2.08. The van der Waals surface area contributed by atoms with Gasteiger partial charge in [0.25, 0.3) is 0 Å². The molecule has 0 atom stereocenters. The van der Waals surface area contributed by atoms with E-state index < -0.39 is 0 Å². The van der Waals surface area contributed by atoms with Crippen molar-refractivity contribution in [1.29, 1.82) is 0 Å². The number of rotatable bonds is 8. The quantitative estimate of drug-likeness (QED) is 0.622. The highest BCUT2D eigenvalue weighted by molar-refractivity contribution is 8.00. The molecule has 6 heteroatoms. The van der Waals surface area contributed by atoms with Crippen molar-refractivity contribution in [2.75, 3.05) is 16.4 Å². The lowest BCUT2D eigenvalue weighted by molar-refractivity contribution is -0.116. The van der Waals surface area contributed by atoms with Gasteiger partial charge in [0.1, 0.15) is 0 Å². The van der Waals surface area contributed by atoms with Crippen molar-refractivity contribution in [3.63, 3.8) is 0 Å². The fourth-order valence-electron chi connectivity index (χ4n) is 2.14. The largest absolute Gasteiger partial charge is 0.326 e. The number of nitrogens with one attached hydrogen (secondary N) is 2. The Kier molecular flexibility index (Phi) is 7.82. The number of thioether (sulfide) groups is 1. The third-order valence-corrected chi connectivity index (χ3v) is 4.58. The molecule has 0 heterocycles. The third kappa shape index (κ3) is 7.20. The maximum Gasteiger partial charge on any atom is 0.234 e. The summed E-state index contributed by atoms with van der Waals surface area (Å²) in [5, 5.41) is 6.27. The van der Waals surface area contributed by atoms with Crippen LogP contribution in [0.4, 0.5) is 11.4 Å². The SMILES string of the molecule is CCCCC(=O)Nc1cccc(SCC(=O)Nc2cccc(Cl)c2)c1. The Balaban J connectivity index is 1.85. The standard InChI is InChI=1S/C19H21ClN2O2S/c1-2-3-10-18(23)21-16-8-5-9-17(12-16)25-13-19(24)22-15-7-4-6-14(20)11-15/h4-9,11-12H,2-3,10,13H2,1H3,(H,21,23)(H,22,24). The van der Waals surface area contributed by atoms with Gasteiger partial charge in [-0.3, -0.25) is 9.59 Å². The molecule has 0 spiro atoms. The van der Waals surface area contributed by atoms with Crippen LogP contribution in [0.5, 0.6) is 0 Å². The second-order valence-electron chi connectivity index (χ2n) is 5.53. The number of carbonyl (C=O) groups is 2. The van der Waals surface area contributed by atoms with Gasteiger partial charge in [0.2, 0.25) is 11.8 Å². The maximum atomic E-state index is 12.0. The Hall–Kier alpha value is -1.98. The molecule has 2 aromatic carbocycles. The highest BCUT2D eigenvalue weighted by Gasteiger charge is 2.06. The Morgan fingerprint density at radius 3 is 2.40 bits per heavy atom. The van der Waals surface area contributed by atoms with E-state index in [1.54, 1.807) is 24.3 Å². The number of amides is 2. The summed E-state index contributed by atoms with van der Waals surface area (Å²) in [6.45, 7) is 2.05. The first kappa shape index (κ1) is 19.3. The molecule has 0 aliphatic carbocycles. The number of unbranched alkanes of at least 4 members (excludes halogenated alkanes) is 1. The highest BCUT2D eigenvalue weighted by Crippen LogP contribution is 2.22. The van der Waals surface area contributed by atoms with Crippen molar-refractivity contribution in [3.05, 3.63) is 53.6 Å². The lowest BCUT2D eigenvalue weighted by atomic mass is 10.2. The van der Waals surface area contributed by atoms with Crippen LogP contribution in [-0.2, 0) is 9.59 Å². The second-order valence-corrected chi connectivity index (χ2v) is 7.01. The first-order valence-corrected chi connectivity index (χ1v) is 9.51. The monoisotopic (exact) mass is 376 g/mol. The number of hydrogen-bond acceptors (Lipinski definition) is 3. The molecule has 2 rings (SSSR count). The van der Waals surface area contributed by atoms with Crippen LogP contribution >= 0.6 is 23.4 Å². The number of anilines is 2. The topological polar surface area (TPSA) is 58.2 Å². The van der Waals surface area contributed by atoms with Crippen molar-refractivity contribution in [1.82, 2.24) is 0 Å². The summed E-state index contributed by atoms with van der Waals surface area (Å²) in [5.74, 6) is 0.187. The van der Waals surface area contributed by atoms with E-state index >= 15 is 0 Å². The number of hydrogen-bond donors (Lipinski definition) is 2. The minimum Gasteiger partial charge on any atom is -0.326 e. The molecule has 0 aliphatic rings. The summed E-state index contributed by atoms with van der Waals surface area (Å²) in [6, 6.07) is 14.5. The molecule has 0 saturated carbocycles. The van der Waals surface area contributed by atoms with E-state index in [4.69, 9.17) is 11.6 Å². The molecule has 0 aromatic heterocycles. The van der Waals surface area contributed by atoms with Crippen molar-refractivity contribution < 1.29 is 9.59 Å². The normalized spacial score (nSPS) is 10.3. The van der Waals surface area contributed by atoms with Gasteiger partial charge in [-0.1, -0.05) is 37.1 Å². The van der Waals surface area contributed by atoms with Crippen LogP contribution in [0.3, 0.4) is 0 Å². The minimum absolute atomic E-state index is 0.0164. The zero-order chi connectivity index (χ0) is 18.1. The van der Waals surface area contributed by atoms with E-state index in [-0.39, 0.29) is 17.6 Å². The molecular formula is C19H21ClN2O2S. The van der Waals surface area contributed by atoms with Crippen LogP contribution in [0.15, 0.2) is 53.4 Å². The van der Waals surface area contributed by atoms with Crippen molar-refractivity contribution in [3.8, 4) is 0 Å². The minimum atomic E-state index is -0.107. The summed E-state index contributed by atoms with van der Waals surface area (Å²) >= 11 is 7.32. The van der Waals surface area contributed by atoms with Crippen molar-refractivity contribution in [2.45, 2.75) is 31.1 Å². The Labute approximate surface area is 157 Å². The van der Waals surface area contributed by atoms with E-state index in [1.165, 1.54) is 11.8 Å². The van der Waals surface area contributed by atoms with Gasteiger partial charge in [-0.05, 0) is 42.8 Å². The fourth-order valence-corrected chi connectivity index (χ4v) is 3.08. The number of halogens is 1. The van der Waals surface area contributed by atoms with Crippen LogP contribution < -0.4 is 10.6 Å². The predicted octanol–water partition coefficient (Wildman–Crippen LogP) is 5.20. The van der Waals surface area contributed by atoms with Crippen LogP contribution in [0.25, 0.3) is 0 Å². The van der Waals surface area contributed by atoms with Crippen LogP contribution in [0, 0.1) is 0 Å². The van der Waals surface area contributed by atoms with Crippen LogP contribution in [0.1, 0.15) is 26.2 Å².